The van der Waals surface area contributed by atoms with Crippen LogP contribution in [0.2, 0.25) is 0 Å². The molecule has 3 aliphatic rings. The predicted octanol–water partition coefficient (Wildman–Crippen LogP) is 1.09. The molecule has 0 bridgehead atoms. The van der Waals surface area contributed by atoms with E-state index in [1.807, 2.05) is 11.0 Å². The Morgan fingerprint density at radius 3 is 3.04 bits per heavy atom. The molecule has 1 aliphatic heterocycles. The minimum absolute atomic E-state index is 0.00327. The molecule has 26 heavy (non-hydrogen) atoms. The molecule has 2 heterocycles. The summed E-state index contributed by atoms with van der Waals surface area (Å²) in [6.45, 7) is 1.67. The average molecular weight is 348 g/mol. The number of amides is 2. The Balaban J connectivity index is 1.29. The van der Waals surface area contributed by atoms with E-state index in [4.69, 9.17) is 0 Å². The number of nitrogens with zero attached hydrogens (tertiary/aromatic N) is 2. The highest BCUT2D eigenvalue weighted by atomic mass is 16.2. The normalized spacial score (nSPS) is 25.9. The van der Waals surface area contributed by atoms with Crippen LogP contribution in [0, 0.1) is 5.92 Å². The molecule has 2 amide bonds. The van der Waals surface area contributed by atoms with Crippen molar-refractivity contribution in [2.75, 3.05) is 24.5 Å². The van der Waals surface area contributed by atoms with Crippen LogP contribution in [0.5, 0.6) is 0 Å². The number of fused-ring (bicyclic) bond motifs is 3. The number of piperazine rings is 1. The monoisotopic (exact) mass is 348 g/mol. The van der Waals surface area contributed by atoms with Gasteiger partial charge in [-0.25, -0.2) is 0 Å². The number of pyridine rings is 1. The number of benzene rings is 1. The van der Waals surface area contributed by atoms with Crippen molar-refractivity contribution < 1.29 is 9.59 Å². The van der Waals surface area contributed by atoms with E-state index >= 15 is 0 Å². The van der Waals surface area contributed by atoms with Crippen LogP contribution in [-0.2, 0) is 11.2 Å². The van der Waals surface area contributed by atoms with Gasteiger partial charge in [-0.15, -0.1) is 0 Å². The molecule has 6 nitrogen and oxygen atoms in total. The molecule has 1 aromatic heterocycles. The lowest BCUT2D eigenvalue weighted by molar-refractivity contribution is -0.120. The van der Waals surface area contributed by atoms with Gasteiger partial charge in [-0.1, -0.05) is 24.3 Å². The second-order valence-electron chi connectivity index (χ2n) is 7.26. The van der Waals surface area contributed by atoms with Crippen LogP contribution in [0.4, 0.5) is 5.69 Å². The van der Waals surface area contributed by atoms with Crippen LogP contribution in [0.15, 0.2) is 42.6 Å². The SMILES string of the molecule is O=C1CN(c2ccnc(C(=O)N[C@@H]3[C@@H]4Cc5ccccc5[C@H]43)c2)CCN1. The first-order valence-electron chi connectivity index (χ1n) is 9.07. The molecule has 0 radical (unpaired) electrons. The fourth-order valence-electron chi connectivity index (χ4n) is 4.37. The zero-order valence-electron chi connectivity index (χ0n) is 14.3. The van der Waals surface area contributed by atoms with E-state index in [1.54, 1.807) is 12.3 Å². The fraction of sp³-hybridized carbons (Fsp3) is 0.350. The minimum atomic E-state index is -0.134. The maximum atomic E-state index is 12.7. The van der Waals surface area contributed by atoms with Gasteiger partial charge >= 0.3 is 0 Å². The number of hydrogen-bond acceptors (Lipinski definition) is 4. The van der Waals surface area contributed by atoms with Gasteiger partial charge in [0.15, 0.2) is 0 Å². The molecule has 0 unspecified atom stereocenters. The molecule has 0 spiro atoms. The van der Waals surface area contributed by atoms with E-state index in [-0.39, 0.29) is 17.9 Å². The number of hydrogen-bond donors (Lipinski definition) is 2. The number of aromatic nitrogens is 1. The first-order chi connectivity index (χ1) is 12.7. The zero-order chi connectivity index (χ0) is 17.7. The number of carbonyl (C=O) groups is 2. The maximum Gasteiger partial charge on any atom is 0.270 e. The Hall–Kier alpha value is -2.89. The standard InChI is InChI=1S/C20H20N4O2/c25-17-11-24(8-7-22-17)13-5-6-21-16(10-13)20(26)23-19-15-9-12-3-1-2-4-14(12)18(15)19/h1-6,10,15,18-19H,7-9,11H2,(H,22,25)(H,23,26)/t15-,18-,19-/m1/s1. The molecule has 2 aromatic rings. The van der Waals surface area contributed by atoms with Gasteiger partial charge < -0.3 is 15.5 Å². The number of rotatable bonds is 3. The van der Waals surface area contributed by atoms with Crippen LogP contribution in [0.3, 0.4) is 0 Å². The van der Waals surface area contributed by atoms with E-state index < -0.39 is 0 Å². The van der Waals surface area contributed by atoms with Gasteiger partial charge in [-0.2, -0.15) is 0 Å². The Labute approximate surface area is 151 Å². The lowest BCUT2D eigenvalue weighted by atomic mass is 10.1. The highest BCUT2D eigenvalue weighted by Crippen LogP contribution is 2.56. The first-order valence-corrected chi connectivity index (χ1v) is 9.07. The Bertz CT molecular complexity index is 897. The molecule has 1 saturated carbocycles. The molecule has 132 valence electrons. The summed E-state index contributed by atoms with van der Waals surface area (Å²) < 4.78 is 0. The topological polar surface area (TPSA) is 74.3 Å². The van der Waals surface area contributed by atoms with Gasteiger partial charge in [0.1, 0.15) is 5.69 Å². The van der Waals surface area contributed by atoms with E-state index in [9.17, 15) is 9.59 Å². The summed E-state index contributed by atoms with van der Waals surface area (Å²) in [7, 11) is 0. The summed E-state index contributed by atoms with van der Waals surface area (Å²) in [5.74, 6) is 0.836. The van der Waals surface area contributed by atoms with Gasteiger partial charge in [0.25, 0.3) is 5.91 Å². The summed E-state index contributed by atoms with van der Waals surface area (Å²) in [4.78, 5) is 30.5. The third-order valence-corrected chi connectivity index (χ3v) is 5.72. The summed E-state index contributed by atoms with van der Waals surface area (Å²) in [6, 6.07) is 12.3. The molecular formula is C20H20N4O2. The summed E-state index contributed by atoms with van der Waals surface area (Å²) in [6.07, 6.45) is 2.68. The zero-order valence-corrected chi connectivity index (χ0v) is 14.3. The molecule has 3 atom stereocenters. The molecule has 1 aromatic carbocycles. The number of anilines is 1. The third kappa shape index (κ3) is 2.53. The maximum absolute atomic E-state index is 12.7. The Morgan fingerprint density at radius 1 is 1.27 bits per heavy atom. The van der Waals surface area contributed by atoms with E-state index in [1.165, 1.54) is 11.1 Å². The van der Waals surface area contributed by atoms with Crippen LogP contribution in [-0.4, -0.2) is 42.5 Å². The van der Waals surface area contributed by atoms with Crippen molar-refractivity contribution in [2.45, 2.75) is 18.4 Å². The lowest BCUT2D eigenvalue weighted by Gasteiger charge is -2.28. The molecule has 6 heteroatoms. The van der Waals surface area contributed by atoms with Crippen molar-refractivity contribution in [1.82, 2.24) is 15.6 Å². The lowest BCUT2D eigenvalue weighted by Crippen LogP contribution is -2.47. The van der Waals surface area contributed by atoms with Crippen LogP contribution >= 0.6 is 0 Å². The van der Waals surface area contributed by atoms with Crippen molar-refractivity contribution in [3.05, 3.63) is 59.4 Å². The highest BCUT2D eigenvalue weighted by Gasteiger charge is 2.56. The van der Waals surface area contributed by atoms with Gasteiger partial charge in [-0.3, -0.25) is 14.6 Å². The van der Waals surface area contributed by atoms with E-state index in [0.29, 0.717) is 30.6 Å². The molecule has 2 fully saturated rings. The third-order valence-electron chi connectivity index (χ3n) is 5.72. The number of nitrogens with one attached hydrogen (secondary N) is 2. The van der Waals surface area contributed by atoms with Gasteiger partial charge in [-0.05, 0) is 35.6 Å². The molecule has 1 saturated heterocycles. The van der Waals surface area contributed by atoms with Crippen molar-refractivity contribution in [2.24, 2.45) is 5.92 Å². The second-order valence-corrected chi connectivity index (χ2v) is 7.26. The van der Waals surface area contributed by atoms with Gasteiger partial charge in [0.05, 0.1) is 6.54 Å². The summed E-state index contributed by atoms with van der Waals surface area (Å²) in [5, 5.41) is 5.96. The minimum Gasteiger partial charge on any atom is -0.360 e. The molecule has 2 N–H and O–H groups in total. The highest BCUT2D eigenvalue weighted by molar-refractivity contribution is 5.94. The van der Waals surface area contributed by atoms with Crippen molar-refractivity contribution in [3.8, 4) is 0 Å². The Kier molecular flexibility index (Phi) is 3.45. The summed E-state index contributed by atoms with van der Waals surface area (Å²) >= 11 is 0. The average Bonchev–Trinajstić information content (AvgIpc) is 3.18. The molecular weight excluding hydrogens is 328 g/mol. The van der Waals surface area contributed by atoms with Crippen LogP contribution in [0.25, 0.3) is 0 Å². The number of carbonyl (C=O) groups excluding carboxylic acids is 2. The van der Waals surface area contributed by atoms with Crippen LogP contribution < -0.4 is 15.5 Å². The van der Waals surface area contributed by atoms with Gasteiger partial charge in [0, 0.05) is 36.9 Å². The van der Waals surface area contributed by atoms with Crippen LogP contribution in [0.1, 0.15) is 27.5 Å². The quantitative estimate of drug-likeness (QED) is 0.871. The first kappa shape index (κ1) is 15.4. The summed E-state index contributed by atoms with van der Waals surface area (Å²) in [5.41, 5.74) is 4.06. The second kappa shape index (κ2) is 5.83. The van der Waals surface area contributed by atoms with Gasteiger partial charge in [0.2, 0.25) is 5.91 Å². The van der Waals surface area contributed by atoms with E-state index in [2.05, 4.69) is 39.9 Å². The molecule has 2 aliphatic carbocycles. The fourth-order valence-corrected chi connectivity index (χ4v) is 4.37. The predicted molar refractivity (Wildman–Crippen MR) is 97.1 cm³/mol. The van der Waals surface area contributed by atoms with Crippen molar-refractivity contribution in [1.29, 1.82) is 0 Å². The van der Waals surface area contributed by atoms with E-state index in [0.717, 1.165) is 18.7 Å². The largest absolute Gasteiger partial charge is 0.360 e. The van der Waals surface area contributed by atoms with Crippen molar-refractivity contribution in [3.63, 3.8) is 0 Å². The molecule has 5 rings (SSSR count). The van der Waals surface area contributed by atoms with Crippen molar-refractivity contribution >= 4 is 17.5 Å². The smallest absolute Gasteiger partial charge is 0.270 e. The Morgan fingerprint density at radius 2 is 2.15 bits per heavy atom.